The summed E-state index contributed by atoms with van der Waals surface area (Å²) < 4.78 is 1.19. The summed E-state index contributed by atoms with van der Waals surface area (Å²) in [5, 5.41) is 5.74. The molecule has 1 N–H and O–H groups in total. The first-order valence-corrected chi connectivity index (χ1v) is 7.45. The first kappa shape index (κ1) is 10.7. The zero-order valence-corrected chi connectivity index (χ0v) is 11.0. The number of anilines is 1. The van der Waals surface area contributed by atoms with Crippen LogP contribution in [0.25, 0.3) is 10.2 Å². The fraction of sp³-hybridized carbons (Fsp3) is 0.538. The summed E-state index contributed by atoms with van der Waals surface area (Å²) in [5.41, 5.74) is 1.05. The highest BCUT2D eigenvalue weighted by Gasteiger charge is 2.34. The lowest BCUT2D eigenvalue weighted by Gasteiger charge is -2.45. The van der Waals surface area contributed by atoms with Crippen molar-refractivity contribution in [2.45, 2.75) is 18.9 Å². The van der Waals surface area contributed by atoms with Crippen molar-refractivity contribution in [3.05, 3.63) is 17.8 Å². The van der Waals surface area contributed by atoms with Crippen molar-refractivity contribution in [1.82, 2.24) is 14.9 Å². The highest BCUT2D eigenvalue weighted by Crippen LogP contribution is 2.32. The summed E-state index contributed by atoms with van der Waals surface area (Å²) >= 11 is 1.72. The molecule has 5 heterocycles. The topological polar surface area (TPSA) is 41.1 Å². The lowest BCUT2D eigenvalue weighted by Crippen LogP contribution is -2.53. The second-order valence-electron chi connectivity index (χ2n) is 5.25. The predicted octanol–water partition coefficient (Wildman–Crippen LogP) is 2.20. The van der Waals surface area contributed by atoms with Crippen LogP contribution in [0, 0.1) is 5.92 Å². The van der Waals surface area contributed by atoms with E-state index in [4.69, 9.17) is 0 Å². The van der Waals surface area contributed by atoms with Gasteiger partial charge in [-0.2, -0.15) is 0 Å². The SMILES string of the molecule is c1nc(NC2CN3CCC2CC3)c2sccc2n1. The first-order chi connectivity index (χ1) is 8.90. The van der Waals surface area contributed by atoms with Gasteiger partial charge in [0.25, 0.3) is 0 Å². The quantitative estimate of drug-likeness (QED) is 0.898. The number of piperidine rings is 3. The number of fused-ring (bicyclic) bond motifs is 4. The largest absolute Gasteiger partial charge is 0.364 e. The van der Waals surface area contributed by atoms with Crippen molar-refractivity contribution < 1.29 is 0 Å². The van der Waals surface area contributed by atoms with Crippen LogP contribution in [0.5, 0.6) is 0 Å². The second-order valence-corrected chi connectivity index (χ2v) is 6.16. The van der Waals surface area contributed by atoms with E-state index in [0.29, 0.717) is 6.04 Å². The van der Waals surface area contributed by atoms with Crippen molar-refractivity contribution in [2.75, 3.05) is 25.0 Å². The first-order valence-electron chi connectivity index (χ1n) is 6.57. The highest BCUT2D eigenvalue weighted by atomic mass is 32.1. The fourth-order valence-corrected chi connectivity index (χ4v) is 3.99. The predicted molar refractivity (Wildman–Crippen MR) is 74.0 cm³/mol. The van der Waals surface area contributed by atoms with E-state index in [0.717, 1.165) is 17.3 Å². The molecular weight excluding hydrogens is 244 g/mol. The number of nitrogens with one attached hydrogen (secondary N) is 1. The lowest BCUT2D eigenvalue weighted by atomic mass is 9.84. The summed E-state index contributed by atoms with van der Waals surface area (Å²) in [6, 6.07) is 2.62. The van der Waals surface area contributed by atoms with Gasteiger partial charge < -0.3 is 10.2 Å². The van der Waals surface area contributed by atoms with Crippen LogP contribution < -0.4 is 5.32 Å². The molecule has 0 radical (unpaired) electrons. The van der Waals surface area contributed by atoms with Crippen LogP contribution in [0.15, 0.2) is 17.8 Å². The molecule has 3 fully saturated rings. The van der Waals surface area contributed by atoms with Crippen LogP contribution in [0.3, 0.4) is 0 Å². The van der Waals surface area contributed by atoms with Crippen molar-refractivity contribution in [3.63, 3.8) is 0 Å². The van der Waals surface area contributed by atoms with Crippen molar-refractivity contribution >= 4 is 27.4 Å². The minimum Gasteiger partial charge on any atom is -0.364 e. The Balaban J connectivity index is 1.62. The Morgan fingerprint density at radius 3 is 2.94 bits per heavy atom. The zero-order valence-electron chi connectivity index (χ0n) is 10.2. The minimum atomic E-state index is 0.563. The molecule has 2 aromatic heterocycles. The summed E-state index contributed by atoms with van der Waals surface area (Å²) in [4.78, 5) is 11.3. The number of rotatable bonds is 2. The Labute approximate surface area is 110 Å². The molecule has 2 bridgehead atoms. The number of thiophene rings is 1. The molecule has 18 heavy (non-hydrogen) atoms. The fourth-order valence-electron chi connectivity index (χ4n) is 3.20. The third-order valence-electron chi connectivity index (χ3n) is 4.22. The van der Waals surface area contributed by atoms with Gasteiger partial charge in [0.2, 0.25) is 0 Å². The van der Waals surface area contributed by atoms with Crippen molar-refractivity contribution in [1.29, 1.82) is 0 Å². The normalized spacial score (nSPS) is 30.8. The molecular formula is C13H16N4S. The van der Waals surface area contributed by atoms with E-state index in [2.05, 4.69) is 31.6 Å². The molecule has 5 heteroatoms. The molecule has 0 amide bonds. The van der Waals surface area contributed by atoms with Gasteiger partial charge in [-0.1, -0.05) is 0 Å². The molecule has 1 atom stereocenters. The Morgan fingerprint density at radius 2 is 2.17 bits per heavy atom. The summed E-state index contributed by atoms with van der Waals surface area (Å²) in [5.74, 6) is 1.84. The van der Waals surface area contributed by atoms with Crippen LogP contribution in [-0.2, 0) is 0 Å². The van der Waals surface area contributed by atoms with Gasteiger partial charge in [0.05, 0.1) is 10.2 Å². The van der Waals surface area contributed by atoms with Crippen molar-refractivity contribution in [2.24, 2.45) is 5.92 Å². The van der Waals surface area contributed by atoms with Crippen molar-refractivity contribution in [3.8, 4) is 0 Å². The molecule has 3 aliphatic heterocycles. The maximum Gasteiger partial charge on any atom is 0.147 e. The lowest BCUT2D eigenvalue weighted by molar-refractivity contribution is 0.0974. The average Bonchev–Trinajstić information content (AvgIpc) is 2.90. The van der Waals surface area contributed by atoms with Crippen LogP contribution >= 0.6 is 11.3 Å². The van der Waals surface area contributed by atoms with E-state index in [1.807, 2.05) is 0 Å². The Hall–Kier alpha value is -1.20. The standard InChI is InChI=1S/C13H16N4S/c1-4-17-5-2-9(1)11(7-17)16-13-12-10(3-6-18-12)14-8-15-13/h3,6,8-9,11H,1-2,4-5,7H2,(H,14,15,16). The number of hydrogen-bond acceptors (Lipinski definition) is 5. The third-order valence-corrected chi connectivity index (χ3v) is 5.13. The summed E-state index contributed by atoms with van der Waals surface area (Å²) in [7, 11) is 0. The molecule has 1 unspecified atom stereocenters. The number of hydrogen-bond donors (Lipinski definition) is 1. The molecule has 4 nitrogen and oxygen atoms in total. The molecule has 2 aromatic rings. The molecule has 0 spiro atoms. The van der Waals surface area contributed by atoms with Crippen LogP contribution in [0.2, 0.25) is 0 Å². The molecule has 94 valence electrons. The number of nitrogens with zero attached hydrogens (tertiary/aromatic N) is 3. The summed E-state index contributed by atoms with van der Waals surface area (Å²) in [6.45, 7) is 3.73. The van der Waals surface area contributed by atoms with Gasteiger partial charge >= 0.3 is 0 Å². The minimum absolute atomic E-state index is 0.563. The van der Waals surface area contributed by atoms with Gasteiger partial charge in [-0.15, -0.1) is 11.3 Å². The molecule has 5 rings (SSSR count). The van der Waals surface area contributed by atoms with E-state index in [9.17, 15) is 0 Å². The second kappa shape index (κ2) is 4.17. The van der Waals surface area contributed by atoms with Gasteiger partial charge in [0.1, 0.15) is 12.1 Å². The Bertz CT molecular complexity index is 559. The maximum absolute atomic E-state index is 4.43. The smallest absolute Gasteiger partial charge is 0.147 e. The van der Waals surface area contributed by atoms with E-state index >= 15 is 0 Å². The average molecular weight is 260 g/mol. The monoisotopic (exact) mass is 260 g/mol. The molecule has 3 aliphatic rings. The van der Waals surface area contributed by atoms with Crippen LogP contribution in [-0.4, -0.2) is 40.5 Å². The Morgan fingerprint density at radius 1 is 1.28 bits per heavy atom. The highest BCUT2D eigenvalue weighted by molar-refractivity contribution is 7.17. The zero-order chi connectivity index (χ0) is 11.9. The van der Waals surface area contributed by atoms with Crippen LogP contribution in [0.4, 0.5) is 5.82 Å². The molecule has 3 saturated heterocycles. The van der Waals surface area contributed by atoms with Gasteiger partial charge in [-0.3, -0.25) is 0 Å². The van der Waals surface area contributed by atoms with Gasteiger partial charge in [-0.25, -0.2) is 9.97 Å². The van der Waals surface area contributed by atoms with Gasteiger partial charge in [-0.05, 0) is 43.3 Å². The molecule has 0 saturated carbocycles. The Kier molecular flexibility index (Phi) is 2.48. The van der Waals surface area contributed by atoms with E-state index in [1.165, 1.54) is 37.2 Å². The molecule has 0 aromatic carbocycles. The number of aromatic nitrogens is 2. The molecule has 0 aliphatic carbocycles. The van der Waals surface area contributed by atoms with E-state index < -0.39 is 0 Å². The summed E-state index contributed by atoms with van der Waals surface area (Å²) in [6.07, 6.45) is 4.32. The third kappa shape index (κ3) is 1.69. The van der Waals surface area contributed by atoms with Gasteiger partial charge in [0.15, 0.2) is 0 Å². The van der Waals surface area contributed by atoms with E-state index in [1.54, 1.807) is 17.7 Å². The van der Waals surface area contributed by atoms with Crippen LogP contribution in [0.1, 0.15) is 12.8 Å². The van der Waals surface area contributed by atoms with E-state index in [-0.39, 0.29) is 0 Å². The maximum atomic E-state index is 4.43. The van der Waals surface area contributed by atoms with Gasteiger partial charge in [0, 0.05) is 12.6 Å².